The summed E-state index contributed by atoms with van der Waals surface area (Å²) in [6.07, 6.45) is 3.36. The van der Waals surface area contributed by atoms with Gasteiger partial charge in [0.25, 0.3) is 0 Å². The van der Waals surface area contributed by atoms with E-state index in [-0.39, 0.29) is 5.75 Å². The molecule has 1 heterocycles. The second kappa shape index (κ2) is 7.73. The molecule has 0 aromatic heterocycles. The van der Waals surface area contributed by atoms with E-state index in [0.29, 0.717) is 19.5 Å². The summed E-state index contributed by atoms with van der Waals surface area (Å²) in [5.74, 6) is 0.239. The molecule has 0 atom stereocenters. The predicted octanol–water partition coefficient (Wildman–Crippen LogP) is 1.75. The van der Waals surface area contributed by atoms with Crippen LogP contribution in [0.4, 0.5) is 0 Å². The summed E-state index contributed by atoms with van der Waals surface area (Å²) in [6, 6.07) is 10.0. The lowest BCUT2D eigenvalue weighted by Gasteiger charge is -2.33. The van der Waals surface area contributed by atoms with Crippen LogP contribution in [-0.2, 0) is 16.4 Å². The Bertz CT molecular complexity index is 535. The Labute approximate surface area is 128 Å². The number of benzene rings is 1. The van der Waals surface area contributed by atoms with E-state index < -0.39 is 10.0 Å². The number of hydrogen-bond acceptors (Lipinski definition) is 3. The van der Waals surface area contributed by atoms with Crippen molar-refractivity contribution in [2.45, 2.75) is 12.8 Å². The van der Waals surface area contributed by atoms with Crippen molar-refractivity contribution < 1.29 is 8.42 Å². The van der Waals surface area contributed by atoms with Crippen LogP contribution in [0.3, 0.4) is 0 Å². The number of rotatable bonds is 7. The number of aryl methyl sites for hydroxylation is 1. The molecule has 1 aliphatic heterocycles. The van der Waals surface area contributed by atoms with Crippen molar-refractivity contribution in [3.05, 3.63) is 48.6 Å². The van der Waals surface area contributed by atoms with Gasteiger partial charge in [0.1, 0.15) is 0 Å². The molecule has 116 valence electrons. The molecular formula is C16H24N2O2S. The number of nitrogens with zero attached hydrogens (tertiary/aromatic N) is 2. The third-order valence-electron chi connectivity index (χ3n) is 3.82. The molecule has 0 unspecified atom stereocenters. The van der Waals surface area contributed by atoms with Crippen molar-refractivity contribution >= 4 is 10.0 Å². The second-order valence-corrected chi connectivity index (χ2v) is 7.48. The van der Waals surface area contributed by atoms with Gasteiger partial charge in [-0.25, -0.2) is 8.42 Å². The quantitative estimate of drug-likeness (QED) is 0.721. The van der Waals surface area contributed by atoms with Crippen molar-refractivity contribution in [2.75, 3.05) is 38.5 Å². The molecule has 0 N–H and O–H groups in total. The van der Waals surface area contributed by atoms with E-state index in [9.17, 15) is 8.42 Å². The zero-order valence-electron chi connectivity index (χ0n) is 12.4. The maximum atomic E-state index is 12.3. The Hall–Kier alpha value is -1.17. The minimum Gasteiger partial charge on any atom is -0.297 e. The van der Waals surface area contributed by atoms with E-state index in [1.165, 1.54) is 5.56 Å². The van der Waals surface area contributed by atoms with Crippen LogP contribution in [0.2, 0.25) is 0 Å². The van der Waals surface area contributed by atoms with Gasteiger partial charge in [0.15, 0.2) is 0 Å². The van der Waals surface area contributed by atoms with Crippen LogP contribution in [0, 0.1) is 0 Å². The van der Waals surface area contributed by atoms with Gasteiger partial charge in [-0.3, -0.25) is 4.90 Å². The van der Waals surface area contributed by atoms with Crippen LogP contribution in [-0.4, -0.2) is 56.1 Å². The van der Waals surface area contributed by atoms with Crippen molar-refractivity contribution in [3.63, 3.8) is 0 Å². The first-order valence-electron chi connectivity index (χ1n) is 7.47. The van der Waals surface area contributed by atoms with Gasteiger partial charge in [0.2, 0.25) is 10.0 Å². The molecule has 1 saturated heterocycles. The number of hydrogen-bond donors (Lipinski definition) is 0. The minimum atomic E-state index is -3.11. The van der Waals surface area contributed by atoms with Crippen LogP contribution in [0.25, 0.3) is 0 Å². The Morgan fingerprint density at radius 1 is 1.10 bits per heavy atom. The van der Waals surface area contributed by atoms with Gasteiger partial charge in [0.05, 0.1) is 5.75 Å². The first-order chi connectivity index (χ1) is 10.1. The molecule has 2 rings (SSSR count). The SMILES string of the molecule is C=CCN1CCN(S(=O)(=O)CCCc2ccccc2)CC1. The second-order valence-electron chi connectivity index (χ2n) is 5.39. The van der Waals surface area contributed by atoms with E-state index in [4.69, 9.17) is 0 Å². The highest BCUT2D eigenvalue weighted by Crippen LogP contribution is 2.11. The minimum absolute atomic E-state index is 0.239. The van der Waals surface area contributed by atoms with Gasteiger partial charge >= 0.3 is 0 Å². The van der Waals surface area contributed by atoms with Crippen molar-refractivity contribution in [3.8, 4) is 0 Å². The lowest BCUT2D eigenvalue weighted by atomic mass is 10.1. The van der Waals surface area contributed by atoms with Crippen LogP contribution in [0.1, 0.15) is 12.0 Å². The third-order valence-corrected chi connectivity index (χ3v) is 5.78. The lowest BCUT2D eigenvalue weighted by molar-refractivity contribution is 0.204. The monoisotopic (exact) mass is 308 g/mol. The molecule has 5 heteroatoms. The highest BCUT2D eigenvalue weighted by atomic mass is 32.2. The summed E-state index contributed by atoms with van der Waals surface area (Å²) in [4.78, 5) is 2.23. The molecule has 0 spiro atoms. The normalized spacial score (nSPS) is 17.7. The summed E-state index contributed by atoms with van der Waals surface area (Å²) in [5, 5.41) is 0. The Morgan fingerprint density at radius 2 is 1.76 bits per heavy atom. The molecule has 0 aliphatic carbocycles. The molecule has 0 bridgehead atoms. The van der Waals surface area contributed by atoms with E-state index in [1.807, 2.05) is 36.4 Å². The van der Waals surface area contributed by atoms with E-state index in [2.05, 4.69) is 11.5 Å². The maximum absolute atomic E-state index is 12.3. The summed E-state index contributed by atoms with van der Waals surface area (Å²) in [7, 11) is -3.11. The van der Waals surface area contributed by atoms with Gasteiger partial charge in [-0.2, -0.15) is 4.31 Å². The lowest BCUT2D eigenvalue weighted by Crippen LogP contribution is -2.49. The fraction of sp³-hybridized carbons (Fsp3) is 0.500. The van der Waals surface area contributed by atoms with Gasteiger partial charge < -0.3 is 0 Å². The highest BCUT2D eigenvalue weighted by molar-refractivity contribution is 7.89. The zero-order valence-corrected chi connectivity index (χ0v) is 13.3. The maximum Gasteiger partial charge on any atom is 0.214 e. The first kappa shape index (κ1) is 16.2. The van der Waals surface area contributed by atoms with Crippen molar-refractivity contribution in [1.82, 2.24) is 9.21 Å². The molecule has 1 aromatic rings. The fourth-order valence-corrected chi connectivity index (χ4v) is 4.09. The molecule has 4 nitrogen and oxygen atoms in total. The smallest absolute Gasteiger partial charge is 0.214 e. The first-order valence-corrected chi connectivity index (χ1v) is 9.08. The third kappa shape index (κ3) is 4.95. The average Bonchev–Trinajstić information content (AvgIpc) is 2.49. The topological polar surface area (TPSA) is 40.6 Å². The predicted molar refractivity (Wildman–Crippen MR) is 86.8 cm³/mol. The average molecular weight is 308 g/mol. The summed E-state index contributed by atoms with van der Waals surface area (Å²) in [5.41, 5.74) is 1.20. The Morgan fingerprint density at radius 3 is 2.38 bits per heavy atom. The van der Waals surface area contributed by atoms with Crippen LogP contribution in [0.15, 0.2) is 43.0 Å². The standard InChI is InChI=1S/C16H24N2O2S/c1-2-10-17-11-13-18(14-12-17)21(19,20)15-6-9-16-7-4-3-5-8-16/h2-5,7-8H,1,6,9-15H2. The van der Waals surface area contributed by atoms with Gasteiger partial charge in [-0.1, -0.05) is 36.4 Å². The number of sulfonamides is 1. The largest absolute Gasteiger partial charge is 0.297 e. The van der Waals surface area contributed by atoms with E-state index >= 15 is 0 Å². The summed E-state index contributed by atoms with van der Waals surface area (Å²) in [6.45, 7) is 7.34. The number of piperazine rings is 1. The summed E-state index contributed by atoms with van der Waals surface area (Å²) < 4.78 is 26.3. The highest BCUT2D eigenvalue weighted by Gasteiger charge is 2.25. The van der Waals surface area contributed by atoms with Gasteiger partial charge in [0, 0.05) is 32.7 Å². The van der Waals surface area contributed by atoms with E-state index in [1.54, 1.807) is 4.31 Å². The van der Waals surface area contributed by atoms with Crippen LogP contribution in [0.5, 0.6) is 0 Å². The molecule has 0 saturated carbocycles. The molecule has 1 fully saturated rings. The molecule has 0 amide bonds. The van der Waals surface area contributed by atoms with E-state index in [0.717, 1.165) is 26.1 Å². The molecule has 1 aliphatic rings. The fourth-order valence-electron chi connectivity index (χ4n) is 2.61. The molecule has 1 aromatic carbocycles. The van der Waals surface area contributed by atoms with Gasteiger partial charge in [-0.05, 0) is 18.4 Å². The van der Waals surface area contributed by atoms with Crippen LogP contribution >= 0.6 is 0 Å². The molecule has 0 radical (unpaired) electrons. The summed E-state index contributed by atoms with van der Waals surface area (Å²) >= 11 is 0. The van der Waals surface area contributed by atoms with Crippen molar-refractivity contribution in [2.24, 2.45) is 0 Å². The zero-order chi connectivity index (χ0) is 15.1. The van der Waals surface area contributed by atoms with Crippen LogP contribution < -0.4 is 0 Å². The van der Waals surface area contributed by atoms with Crippen molar-refractivity contribution in [1.29, 1.82) is 0 Å². The molecular weight excluding hydrogens is 284 g/mol. The Kier molecular flexibility index (Phi) is 5.96. The molecule has 21 heavy (non-hydrogen) atoms. The Balaban J connectivity index is 1.78. The van der Waals surface area contributed by atoms with Gasteiger partial charge in [-0.15, -0.1) is 6.58 Å².